The Bertz CT molecular complexity index is 567. The molecule has 114 valence electrons. The standard InChI is InChI=1S/C19H26O2/c1-11-9-16-14(13-4-3-12(20)10-15(11)13)7-8-19(2)17(16)5-6-18(19)21/h3-4,10-11,14,16-18,20-21H,5-9H2,1-2H3/t11-,14?,16?,17?,18+,19+/m1/s1. The minimum Gasteiger partial charge on any atom is -0.508 e. The zero-order valence-corrected chi connectivity index (χ0v) is 13.0. The molecule has 3 aliphatic carbocycles. The number of aliphatic hydroxyl groups is 1. The normalized spacial score (nSPS) is 44.8. The van der Waals surface area contributed by atoms with E-state index in [1.807, 2.05) is 12.1 Å². The van der Waals surface area contributed by atoms with Crippen molar-refractivity contribution in [2.24, 2.45) is 17.3 Å². The number of benzene rings is 1. The molecule has 2 saturated carbocycles. The van der Waals surface area contributed by atoms with Crippen molar-refractivity contribution >= 4 is 0 Å². The average Bonchev–Trinajstić information content (AvgIpc) is 2.76. The van der Waals surface area contributed by atoms with Gasteiger partial charge < -0.3 is 10.2 Å². The van der Waals surface area contributed by atoms with Crippen LogP contribution in [0.1, 0.15) is 68.9 Å². The summed E-state index contributed by atoms with van der Waals surface area (Å²) < 4.78 is 0. The molecule has 0 radical (unpaired) electrons. The molecule has 2 N–H and O–H groups in total. The Morgan fingerprint density at radius 3 is 2.76 bits per heavy atom. The van der Waals surface area contributed by atoms with Crippen molar-refractivity contribution in [3.8, 4) is 5.75 Å². The number of fused-ring (bicyclic) bond motifs is 5. The monoisotopic (exact) mass is 286 g/mol. The van der Waals surface area contributed by atoms with Gasteiger partial charge in [0.25, 0.3) is 0 Å². The number of aliphatic hydroxyl groups excluding tert-OH is 1. The maximum atomic E-state index is 10.4. The minimum atomic E-state index is -0.0972. The average molecular weight is 286 g/mol. The fourth-order valence-electron chi connectivity index (χ4n) is 5.84. The molecule has 4 rings (SSSR count). The highest BCUT2D eigenvalue weighted by atomic mass is 16.3. The van der Waals surface area contributed by atoms with Crippen molar-refractivity contribution in [3.63, 3.8) is 0 Å². The third kappa shape index (κ3) is 1.81. The zero-order chi connectivity index (χ0) is 14.8. The first kappa shape index (κ1) is 13.6. The van der Waals surface area contributed by atoms with Crippen LogP contribution in [-0.2, 0) is 0 Å². The summed E-state index contributed by atoms with van der Waals surface area (Å²) in [5.74, 6) is 2.95. The summed E-state index contributed by atoms with van der Waals surface area (Å²) in [7, 11) is 0. The van der Waals surface area contributed by atoms with Crippen molar-refractivity contribution in [2.45, 2.75) is 63.9 Å². The van der Waals surface area contributed by atoms with Crippen LogP contribution in [0.4, 0.5) is 0 Å². The molecule has 6 atom stereocenters. The Labute approximate surface area is 127 Å². The van der Waals surface area contributed by atoms with Crippen LogP contribution in [0.15, 0.2) is 18.2 Å². The van der Waals surface area contributed by atoms with Gasteiger partial charge in [-0.05, 0) is 84.5 Å². The first-order chi connectivity index (χ1) is 10.0. The first-order valence-electron chi connectivity index (χ1n) is 8.51. The van der Waals surface area contributed by atoms with E-state index in [4.69, 9.17) is 0 Å². The topological polar surface area (TPSA) is 40.5 Å². The Balaban J connectivity index is 1.75. The summed E-state index contributed by atoms with van der Waals surface area (Å²) in [4.78, 5) is 0. The molecule has 0 aromatic heterocycles. The molecular formula is C19H26O2. The third-order valence-electron chi connectivity index (χ3n) is 7.01. The van der Waals surface area contributed by atoms with Crippen LogP contribution in [0.5, 0.6) is 5.75 Å². The molecule has 2 nitrogen and oxygen atoms in total. The number of hydrogen-bond acceptors (Lipinski definition) is 2. The van der Waals surface area contributed by atoms with Crippen LogP contribution < -0.4 is 0 Å². The van der Waals surface area contributed by atoms with Gasteiger partial charge in [-0.25, -0.2) is 0 Å². The lowest BCUT2D eigenvalue weighted by Gasteiger charge is -2.51. The van der Waals surface area contributed by atoms with Gasteiger partial charge in [0.05, 0.1) is 6.10 Å². The van der Waals surface area contributed by atoms with E-state index in [1.165, 1.54) is 30.4 Å². The lowest BCUT2D eigenvalue weighted by molar-refractivity contribution is -0.0245. The fourth-order valence-corrected chi connectivity index (χ4v) is 5.84. The van der Waals surface area contributed by atoms with E-state index >= 15 is 0 Å². The van der Waals surface area contributed by atoms with Crippen LogP contribution in [0.3, 0.4) is 0 Å². The molecule has 2 fully saturated rings. The molecule has 3 aliphatic rings. The largest absolute Gasteiger partial charge is 0.508 e. The summed E-state index contributed by atoms with van der Waals surface area (Å²) in [5.41, 5.74) is 2.98. The molecule has 3 unspecified atom stereocenters. The van der Waals surface area contributed by atoms with Crippen molar-refractivity contribution < 1.29 is 10.2 Å². The smallest absolute Gasteiger partial charge is 0.115 e. The summed E-state index contributed by atoms with van der Waals surface area (Å²) >= 11 is 0. The summed E-state index contributed by atoms with van der Waals surface area (Å²) in [6.07, 6.45) is 5.64. The van der Waals surface area contributed by atoms with Crippen molar-refractivity contribution in [3.05, 3.63) is 29.3 Å². The Hall–Kier alpha value is -1.02. The molecule has 21 heavy (non-hydrogen) atoms. The first-order valence-corrected chi connectivity index (χ1v) is 8.51. The maximum absolute atomic E-state index is 10.4. The molecule has 0 amide bonds. The predicted octanol–water partition coefficient (Wildman–Crippen LogP) is 4.17. The van der Waals surface area contributed by atoms with E-state index in [-0.39, 0.29) is 11.5 Å². The van der Waals surface area contributed by atoms with Gasteiger partial charge in [0.2, 0.25) is 0 Å². The molecule has 0 heterocycles. The van der Waals surface area contributed by atoms with Crippen molar-refractivity contribution in [1.29, 1.82) is 0 Å². The molecule has 1 aromatic carbocycles. The summed E-state index contributed by atoms with van der Waals surface area (Å²) in [6, 6.07) is 5.99. The molecular weight excluding hydrogens is 260 g/mol. The second-order valence-corrected chi connectivity index (χ2v) is 7.96. The van der Waals surface area contributed by atoms with Crippen LogP contribution >= 0.6 is 0 Å². The highest BCUT2D eigenvalue weighted by molar-refractivity contribution is 5.42. The van der Waals surface area contributed by atoms with E-state index in [2.05, 4.69) is 19.9 Å². The Morgan fingerprint density at radius 1 is 1.14 bits per heavy atom. The highest BCUT2D eigenvalue weighted by Crippen LogP contribution is 2.62. The van der Waals surface area contributed by atoms with E-state index in [0.717, 1.165) is 12.8 Å². The second-order valence-electron chi connectivity index (χ2n) is 7.96. The van der Waals surface area contributed by atoms with Gasteiger partial charge >= 0.3 is 0 Å². The van der Waals surface area contributed by atoms with Crippen molar-refractivity contribution in [1.82, 2.24) is 0 Å². The lowest BCUT2D eigenvalue weighted by atomic mass is 9.54. The van der Waals surface area contributed by atoms with E-state index in [0.29, 0.717) is 29.4 Å². The SMILES string of the molecule is C[C@@H]1CC2C(CC[C@@]3(C)C2CC[C@@H]3O)c2ccc(O)cc21. The molecule has 1 aromatic rings. The van der Waals surface area contributed by atoms with Crippen LogP contribution in [0.2, 0.25) is 0 Å². The summed E-state index contributed by atoms with van der Waals surface area (Å²) in [5, 5.41) is 20.2. The Kier molecular flexibility index (Phi) is 2.91. The number of aromatic hydroxyl groups is 1. The minimum absolute atomic E-state index is 0.0972. The molecule has 0 saturated heterocycles. The van der Waals surface area contributed by atoms with Gasteiger partial charge in [-0.1, -0.05) is 19.9 Å². The lowest BCUT2D eigenvalue weighted by Crippen LogP contribution is -2.44. The molecule has 0 spiro atoms. The Morgan fingerprint density at radius 2 is 1.95 bits per heavy atom. The quantitative estimate of drug-likeness (QED) is 0.751. The van der Waals surface area contributed by atoms with Gasteiger partial charge in [-0.15, -0.1) is 0 Å². The highest BCUT2D eigenvalue weighted by Gasteiger charge is 2.54. The predicted molar refractivity (Wildman–Crippen MR) is 83.4 cm³/mol. The molecule has 0 aliphatic heterocycles. The van der Waals surface area contributed by atoms with Crippen molar-refractivity contribution in [2.75, 3.05) is 0 Å². The maximum Gasteiger partial charge on any atom is 0.115 e. The number of phenols is 1. The van der Waals surface area contributed by atoms with E-state index in [9.17, 15) is 10.2 Å². The van der Waals surface area contributed by atoms with Gasteiger partial charge in [-0.2, -0.15) is 0 Å². The third-order valence-corrected chi connectivity index (χ3v) is 7.01. The van der Waals surface area contributed by atoms with Crippen LogP contribution in [-0.4, -0.2) is 16.3 Å². The fraction of sp³-hybridized carbons (Fsp3) is 0.684. The van der Waals surface area contributed by atoms with E-state index < -0.39 is 0 Å². The zero-order valence-electron chi connectivity index (χ0n) is 13.0. The van der Waals surface area contributed by atoms with Crippen LogP contribution in [0, 0.1) is 17.3 Å². The second kappa shape index (κ2) is 4.49. The van der Waals surface area contributed by atoms with Crippen LogP contribution in [0.25, 0.3) is 0 Å². The van der Waals surface area contributed by atoms with Gasteiger partial charge in [0.15, 0.2) is 0 Å². The van der Waals surface area contributed by atoms with Gasteiger partial charge in [-0.3, -0.25) is 0 Å². The number of rotatable bonds is 0. The number of phenolic OH excluding ortho intramolecular Hbond substituents is 1. The van der Waals surface area contributed by atoms with E-state index in [1.54, 1.807) is 0 Å². The van der Waals surface area contributed by atoms with Gasteiger partial charge in [0.1, 0.15) is 5.75 Å². The molecule has 2 heteroatoms. The molecule has 0 bridgehead atoms. The summed E-state index contributed by atoms with van der Waals surface area (Å²) in [6.45, 7) is 4.62. The number of hydrogen-bond donors (Lipinski definition) is 2. The van der Waals surface area contributed by atoms with Gasteiger partial charge in [0, 0.05) is 0 Å².